The number of non-ortho nitro benzene ring substituents is 1. The van der Waals surface area contributed by atoms with Crippen molar-refractivity contribution in [3.05, 3.63) is 39.7 Å². The molecule has 0 aliphatic heterocycles. The molecule has 4 nitrogen and oxygen atoms in total. The molecule has 0 unspecified atom stereocenters. The van der Waals surface area contributed by atoms with Crippen molar-refractivity contribution in [2.75, 3.05) is 6.54 Å². The summed E-state index contributed by atoms with van der Waals surface area (Å²) in [6.07, 6.45) is 2.20. The molecule has 2 N–H and O–H groups in total. The van der Waals surface area contributed by atoms with E-state index < -0.39 is 10.7 Å². The highest BCUT2D eigenvalue weighted by molar-refractivity contribution is 5.34. The summed E-state index contributed by atoms with van der Waals surface area (Å²) in [6.45, 7) is 0.578. The van der Waals surface area contributed by atoms with Crippen molar-refractivity contribution in [3.63, 3.8) is 0 Å². The maximum Gasteiger partial charge on any atom is 0.272 e. The Morgan fingerprint density at radius 2 is 2.13 bits per heavy atom. The fourth-order valence-electron chi connectivity index (χ4n) is 1.31. The predicted molar refractivity (Wildman–Crippen MR) is 55.0 cm³/mol. The van der Waals surface area contributed by atoms with Crippen LogP contribution in [0.4, 0.5) is 10.1 Å². The van der Waals surface area contributed by atoms with Gasteiger partial charge in [-0.05, 0) is 37.4 Å². The molecule has 0 saturated carbocycles. The molecular formula is C10H13FN2O2. The lowest BCUT2D eigenvalue weighted by Crippen LogP contribution is -2.00. The molecule has 0 aliphatic rings. The van der Waals surface area contributed by atoms with Crippen LogP contribution in [-0.4, -0.2) is 11.5 Å². The summed E-state index contributed by atoms with van der Waals surface area (Å²) in [4.78, 5) is 9.74. The van der Waals surface area contributed by atoms with E-state index in [0.29, 0.717) is 18.5 Å². The van der Waals surface area contributed by atoms with E-state index in [0.717, 1.165) is 18.9 Å². The Balaban J connectivity index is 2.70. The average molecular weight is 212 g/mol. The molecule has 0 saturated heterocycles. The van der Waals surface area contributed by atoms with Crippen molar-refractivity contribution in [1.29, 1.82) is 0 Å². The van der Waals surface area contributed by atoms with Crippen LogP contribution < -0.4 is 5.73 Å². The molecule has 0 atom stereocenters. The smallest absolute Gasteiger partial charge is 0.272 e. The van der Waals surface area contributed by atoms with Gasteiger partial charge in [0, 0.05) is 6.07 Å². The van der Waals surface area contributed by atoms with Gasteiger partial charge in [-0.15, -0.1) is 0 Å². The number of hydrogen-bond acceptors (Lipinski definition) is 3. The summed E-state index contributed by atoms with van der Waals surface area (Å²) in [5.41, 5.74) is 5.61. The van der Waals surface area contributed by atoms with Gasteiger partial charge < -0.3 is 5.73 Å². The lowest BCUT2D eigenvalue weighted by atomic mass is 10.1. The van der Waals surface area contributed by atoms with Gasteiger partial charge in [0.1, 0.15) is 5.82 Å². The van der Waals surface area contributed by atoms with E-state index in [9.17, 15) is 14.5 Å². The molecule has 0 radical (unpaired) electrons. The molecular weight excluding hydrogens is 199 g/mol. The number of hydrogen-bond donors (Lipinski definition) is 1. The van der Waals surface area contributed by atoms with Crippen molar-refractivity contribution in [2.45, 2.75) is 19.3 Å². The van der Waals surface area contributed by atoms with E-state index >= 15 is 0 Å². The first kappa shape index (κ1) is 11.6. The number of nitrogens with zero attached hydrogens (tertiary/aromatic N) is 1. The lowest BCUT2D eigenvalue weighted by molar-refractivity contribution is -0.385. The fraction of sp³-hybridized carbons (Fsp3) is 0.400. The third-order valence-corrected chi connectivity index (χ3v) is 2.15. The second-order valence-electron chi connectivity index (χ2n) is 3.28. The lowest BCUT2D eigenvalue weighted by Gasteiger charge is -2.02. The van der Waals surface area contributed by atoms with Crippen molar-refractivity contribution < 1.29 is 9.31 Å². The van der Waals surface area contributed by atoms with Crippen LogP contribution in [0.15, 0.2) is 18.2 Å². The van der Waals surface area contributed by atoms with Gasteiger partial charge in [0.15, 0.2) is 0 Å². The molecule has 15 heavy (non-hydrogen) atoms. The summed E-state index contributed by atoms with van der Waals surface area (Å²) in [6, 6.07) is 3.74. The summed E-state index contributed by atoms with van der Waals surface area (Å²) in [5, 5.41) is 10.3. The van der Waals surface area contributed by atoms with Crippen molar-refractivity contribution in [2.24, 2.45) is 5.73 Å². The molecule has 1 aromatic carbocycles. The Kier molecular flexibility index (Phi) is 4.17. The third-order valence-electron chi connectivity index (χ3n) is 2.15. The highest BCUT2D eigenvalue weighted by Gasteiger charge is 2.09. The second kappa shape index (κ2) is 5.41. The van der Waals surface area contributed by atoms with Crippen LogP contribution in [0.2, 0.25) is 0 Å². The zero-order valence-corrected chi connectivity index (χ0v) is 8.28. The van der Waals surface area contributed by atoms with Gasteiger partial charge in [0.05, 0.1) is 11.0 Å². The van der Waals surface area contributed by atoms with E-state index in [1.807, 2.05) is 0 Å². The number of rotatable bonds is 5. The van der Waals surface area contributed by atoms with E-state index in [1.165, 1.54) is 12.1 Å². The zero-order valence-electron chi connectivity index (χ0n) is 8.28. The molecule has 5 heteroatoms. The molecule has 0 fully saturated rings. The molecule has 1 rings (SSSR count). The van der Waals surface area contributed by atoms with Gasteiger partial charge in [-0.25, -0.2) is 4.39 Å². The fourth-order valence-corrected chi connectivity index (χ4v) is 1.31. The van der Waals surface area contributed by atoms with Crippen LogP contribution in [0.1, 0.15) is 18.4 Å². The van der Waals surface area contributed by atoms with Crippen molar-refractivity contribution in [1.82, 2.24) is 0 Å². The maximum atomic E-state index is 13.3. The standard InChI is InChI=1S/C10H13FN2O2/c11-10-7-9(13(14)15)5-4-8(10)3-1-2-6-12/h4-5,7H,1-3,6,12H2. The maximum absolute atomic E-state index is 13.3. The normalized spacial score (nSPS) is 10.3. The molecule has 0 aliphatic carbocycles. The SMILES string of the molecule is NCCCCc1ccc([N+](=O)[O-])cc1F. The number of aryl methyl sites for hydroxylation is 1. The number of unbranched alkanes of at least 4 members (excludes halogenated alkanes) is 1. The molecule has 82 valence electrons. The summed E-state index contributed by atoms with van der Waals surface area (Å²) in [5.74, 6) is -0.513. The molecule has 0 bridgehead atoms. The summed E-state index contributed by atoms with van der Waals surface area (Å²) >= 11 is 0. The van der Waals surface area contributed by atoms with Crippen LogP contribution in [-0.2, 0) is 6.42 Å². The second-order valence-corrected chi connectivity index (χ2v) is 3.28. The number of nitrogens with two attached hydrogens (primary N) is 1. The van der Waals surface area contributed by atoms with Gasteiger partial charge in [0.25, 0.3) is 5.69 Å². The molecule has 1 aromatic rings. The first-order chi connectivity index (χ1) is 7.15. The number of nitro groups is 1. The van der Waals surface area contributed by atoms with E-state index in [2.05, 4.69) is 0 Å². The van der Waals surface area contributed by atoms with Crippen LogP contribution in [0.5, 0.6) is 0 Å². The number of benzene rings is 1. The Morgan fingerprint density at radius 1 is 1.40 bits per heavy atom. The van der Waals surface area contributed by atoms with Crippen LogP contribution in [0.25, 0.3) is 0 Å². The third kappa shape index (κ3) is 3.28. The number of halogens is 1. The summed E-state index contributed by atoms with van der Waals surface area (Å²) in [7, 11) is 0. The van der Waals surface area contributed by atoms with E-state index in [1.54, 1.807) is 0 Å². The largest absolute Gasteiger partial charge is 0.330 e. The van der Waals surface area contributed by atoms with Crippen molar-refractivity contribution in [3.8, 4) is 0 Å². The van der Waals surface area contributed by atoms with Crippen LogP contribution >= 0.6 is 0 Å². The highest BCUT2D eigenvalue weighted by atomic mass is 19.1. The van der Waals surface area contributed by atoms with E-state index in [-0.39, 0.29) is 5.69 Å². The zero-order chi connectivity index (χ0) is 11.3. The van der Waals surface area contributed by atoms with Crippen LogP contribution in [0.3, 0.4) is 0 Å². The van der Waals surface area contributed by atoms with Gasteiger partial charge in [-0.1, -0.05) is 0 Å². The highest BCUT2D eigenvalue weighted by Crippen LogP contribution is 2.17. The Morgan fingerprint density at radius 3 is 2.67 bits per heavy atom. The van der Waals surface area contributed by atoms with Gasteiger partial charge in [-0.2, -0.15) is 0 Å². The molecule has 0 amide bonds. The minimum Gasteiger partial charge on any atom is -0.330 e. The van der Waals surface area contributed by atoms with Gasteiger partial charge in [0.2, 0.25) is 0 Å². The predicted octanol–water partition coefficient (Wildman–Crippen LogP) is 2.02. The van der Waals surface area contributed by atoms with Gasteiger partial charge in [-0.3, -0.25) is 10.1 Å². The Bertz CT molecular complexity index is 355. The first-order valence-electron chi connectivity index (χ1n) is 4.78. The minimum absolute atomic E-state index is 0.213. The van der Waals surface area contributed by atoms with E-state index in [4.69, 9.17) is 5.73 Å². The van der Waals surface area contributed by atoms with Crippen LogP contribution in [0, 0.1) is 15.9 Å². The van der Waals surface area contributed by atoms with Gasteiger partial charge >= 0.3 is 0 Å². The quantitative estimate of drug-likeness (QED) is 0.461. The molecule has 0 spiro atoms. The van der Waals surface area contributed by atoms with Crippen molar-refractivity contribution >= 4 is 5.69 Å². The Labute approximate surface area is 87.0 Å². The summed E-state index contributed by atoms with van der Waals surface area (Å²) < 4.78 is 13.3. The monoisotopic (exact) mass is 212 g/mol. The number of nitro benzene ring substituents is 1. The topological polar surface area (TPSA) is 69.2 Å². The average Bonchev–Trinajstić information content (AvgIpc) is 2.20. The first-order valence-corrected chi connectivity index (χ1v) is 4.78. The Hall–Kier alpha value is -1.49. The minimum atomic E-state index is -0.604. The molecule has 0 heterocycles. The molecule has 0 aromatic heterocycles.